The molecule has 1 aromatic carbocycles. The predicted octanol–water partition coefficient (Wildman–Crippen LogP) is 2.23. The molecule has 0 saturated carbocycles. The molecule has 1 aromatic rings. The van der Waals surface area contributed by atoms with Crippen LogP contribution in [-0.2, 0) is 0 Å². The lowest BCUT2D eigenvalue weighted by molar-refractivity contribution is 0.0174. The molecule has 5 nitrogen and oxygen atoms in total. The summed E-state index contributed by atoms with van der Waals surface area (Å²) in [6, 6.07) is 9.36. The Morgan fingerprint density at radius 2 is 1.96 bits per heavy atom. The summed E-state index contributed by atoms with van der Waals surface area (Å²) in [5.74, 6) is 0.922. The molecule has 0 aliphatic carbocycles. The molecule has 3 aliphatic heterocycles. The molecule has 25 heavy (non-hydrogen) atoms. The molecule has 2 atom stereocenters. The maximum absolute atomic E-state index is 4.88. The van der Waals surface area contributed by atoms with Gasteiger partial charge < -0.3 is 10.6 Å². The fourth-order valence-corrected chi connectivity index (χ4v) is 3.77. The Bertz CT molecular complexity index is 569. The number of rotatable bonds is 5. The van der Waals surface area contributed by atoms with Gasteiger partial charge in [0, 0.05) is 45.3 Å². The molecule has 0 radical (unpaired) electrons. The van der Waals surface area contributed by atoms with Crippen LogP contribution in [0.4, 0.5) is 0 Å². The molecule has 2 bridgehead atoms. The van der Waals surface area contributed by atoms with Gasteiger partial charge in [-0.3, -0.25) is 14.8 Å². The second-order valence-corrected chi connectivity index (χ2v) is 6.93. The van der Waals surface area contributed by atoms with Gasteiger partial charge in [-0.15, -0.1) is 24.0 Å². The van der Waals surface area contributed by atoms with Gasteiger partial charge >= 0.3 is 0 Å². The summed E-state index contributed by atoms with van der Waals surface area (Å²) in [6.45, 7) is 14.2. The number of guanidine groups is 1. The Labute approximate surface area is 169 Å². The number of piperazine rings is 3. The van der Waals surface area contributed by atoms with Crippen molar-refractivity contribution in [1.29, 1.82) is 0 Å². The van der Waals surface area contributed by atoms with E-state index in [-0.39, 0.29) is 30.0 Å². The van der Waals surface area contributed by atoms with Crippen LogP contribution >= 0.6 is 24.0 Å². The van der Waals surface area contributed by atoms with Crippen LogP contribution in [0, 0.1) is 6.92 Å². The minimum Gasteiger partial charge on any atom is -0.357 e. The summed E-state index contributed by atoms with van der Waals surface area (Å²) in [5.41, 5.74) is 2.64. The van der Waals surface area contributed by atoms with Gasteiger partial charge in [0.2, 0.25) is 0 Å². The number of hydrogen-bond donors (Lipinski definition) is 2. The topological polar surface area (TPSA) is 42.9 Å². The quantitative estimate of drug-likeness (QED) is 0.405. The Hall–Kier alpha value is -0.860. The third kappa shape index (κ3) is 5.31. The second-order valence-electron chi connectivity index (χ2n) is 6.93. The van der Waals surface area contributed by atoms with Crippen LogP contribution in [0.2, 0.25) is 0 Å². The maximum Gasteiger partial charge on any atom is 0.191 e. The SMILES string of the molecule is CCNC(=NCC1CN2CCN1CC2)NC(C)c1ccccc1C.I. The summed E-state index contributed by atoms with van der Waals surface area (Å²) in [7, 11) is 0. The van der Waals surface area contributed by atoms with Crippen molar-refractivity contribution in [1.82, 2.24) is 20.4 Å². The summed E-state index contributed by atoms with van der Waals surface area (Å²) in [6.07, 6.45) is 0. The number of nitrogens with one attached hydrogen (secondary N) is 2. The van der Waals surface area contributed by atoms with Crippen LogP contribution in [0.1, 0.15) is 31.0 Å². The van der Waals surface area contributed by atoms with E-state index >= 15 is 0 Å². The van der Waals surface area contributed by atoms with Crippen LogP contribution in [0.5, 0.6) is 0 Å². The number of aryl methyl sites for hydroxylation is 1. The first-order valence-corrected chi connectivity index (χ1v) is 9.24. The molecule has 3 heterocycles. The van der Waals surface area contributed by atoms with E-state index in [1.807, 2.05) is 0 Å². The Morgan fingerprint density at radius 1 is 1.24 bits per heavy atom. The fourth-order valence-electron chi connectivity index (χ4n) is 3.77. The van der Waals surface area contributed by atoms with Gasteiger partial charge in [0.05, 0.1) is 12.6 Å². The Balaban J connectivity index is 0.00000225. The minimum atomic E-state index is 0. The van der Waals surface area contributed by atoms with Crippen LogP contribution < -0.4 is 10.6 Å². The molecule has 3 fully saturated rings. The standard InChI is InChI=1S/C19H31N5.HI/c1-4-20-19(22-16(3)18-8-6-5-7-15(18)2)21-13-17-14-23-9-11-24(17)12-10-23;/h5-8,16-17H,4,9-14H2,1-3H3,(H2,20,21,22);1H. The van der Waals surface area contributed by atoms with E-state index in [1.54, 1.807) is 0 Å². The molecule has 0 spiro atoms. The highest BCUT2D eigenvalue weighted by molar-refractivity contribution is 14.0. The van der Waals surface area contributed by atoms with E-state index in [1.165, 1.54) is 37.3 Å². The second kappa shape index (κ2) is 9.73. The number of halogens is 1. The lowest BCUT2D eigenvalue weighted by atomic mass is 10.0. The van der Waals surface area contributed by atoms with E-state index in [0.717, 1.165) is 25.6 Å². The fraction of sp³-hybridized carbons (Fsp3) is 0.632. The highest BCUT2D eigenvalue weighted by atomic mass is 127. The molecule has 2 unspecified atom stereocenters. The smallest absolute Gasteiger partial charge is 0.191 e. The molecule has 0 aromatic heterocycles. The molecule has 6 heteroatoms. The van der Waals surface area contributed by atoms with Crippen LogP contribution in [0.25, 0.3) is 0 Å². The zero-order chi connectivity index (χ0) is 16.9. The van der Waals surface area contributed by atoms with Crippen molar-refractivity contribution in [3.05, 3.63) is 35.4 Å². The van der Waals surface area contributed by atoms with Crippen LogP contribution in [0.3, 0.4) is 0 Å². The summed E-state index contributed by atoms with van der Waals surface area (Å²) in [4.78, 5) is 10.0. The summed E-state index contributed by atoms with van der Waals surface area (Å²) >= 11 is 0. The lowest BCUT2D eigenvalue weighted by Gasteiger charge is -2.47. The van der Waals surface area contributed by atoms with Gasteiger partial charge in [-0.05, 0) is 31.9 Å². The Morgan fingerprint density at radius 3 is 2.56 bits per heavy atom. The summed E-state index contributed by atoms with van der Waals surface area (Å²) < 4.78 is 0. The molecular weight excluding hydrogens is 425 g/mol. The first-order valence-electron chi connectivity index (χ1n) is 9.24. The van der Waals surface area contributed by atoms with Crippen molar-refractivity contribution in [3.8, 4) is 0 Å². The average Bonchev–Trinajstić information content (AvgIpc) is 2.61. The van der Waals surface area contributed by atoms with Crippen LogP contribution in [0.15, 0.2) is 29.3 Å². The van der Waals surface area contributed by atoms with Crippen molar-refractivity contribution in [2.75, 3.05) is 45.8 Å². The average molecular weight is 457 g/mol. The van der Waals surface area contributed by atoms with Crippen molar-refractivity contribution < 1.29 is 0 Å². The van der Waals surface area contributed by atoms with Gasteiger partial charge in [0.25, 0.3) is 0 Å². The highest BCUT2D eigenvalue weighted by Crippen LogP contribution is 2.17. The van der Waals surface area contributed by atoms with E-state index in [2.05, 4.69) is 65.5 Å². The van der Waals surface area contributed by atoms with Crippen molar-refractivity contribution in [3.63, 3.8) is 0 Å². The normalized spacial score (nSPS) is 26.7. The van der Waals surface area contributed by atoms with E-state index in [0.29, 0.717) is 6.04 Å². The third-order valence-electron chi connectivity index (χ3n) is 5.20. The number of aliphatic imine (C=N–C) groups is 1. The minimum absolute atomic E-state index is 0. The lowest BCUT2D eigenvalue weighted by Crippen LogP contribution is -2.62. The molecule has 3 saturated heterocycles. The molecular formula is C19H32IN5. The predicted molar refractivity (Wildman–Crippen MR) is 116 cm³/mol. The Kier molecular flexibility index (Phi) is 7.96. The highest BCUT2D eigenvalue weighted by Gasteiger charge is 2.31. The van der Waals surface area contributed by atoms with E-state index in [9.17, 15) is 0 Å². The van der Waals surface area contributed by atoms with Crippen molar-refractivity contribution in [2.24, 2.45) is 4.99 Å². The number of benzene rings is 1. The van der Waals surface area contributed by atoms with Gasteiger partial charge in [0.15, 0.2) is 5.96 Å². The molecule has 140 valence electrons. The van der Waals surface area contributed by atoms with Crippen molar-refractivity contribution in [2.45, 2.75) is 32.9 Å². The molecule has 2 N–H and O–H groups in total. The number of hydrogen-bond acceptors (Lipinski definition) is 3. The van der Waals surface area contributed by atoms with Gasteiger partial charge in [-0.25, -0.2) is 0 Å². The first-order chi connectivity index (χ1) is 11.7. The molecule has 0 amide bonds. The van der Waals surface area contributed by atoms with Gasteiger partial charge in [-0.1, -0.05) is 24.3 Å². The number of nitrogens with zero attached hydrogens (tertiary/aromatic N) is 3. The van der Waals surface area contributed by atoms with Gasteiger partial charge in [-0.2, -0.15) is 0 Å². The zero-order valence-electron chi connectivity index (χ0n) is 15.7. The largest absolute Gasteiger partial charge is 0.357 e. The van der Waals surface area contributed by atoms with Gasteiger partial charge in [0.1, 0.15) is 0 Å². The van der Waals surface area contributed by atoms with Crippen molar-refractivity contribution >= 4 is 29.9 Å². The van der Waals surface area contributed by atoms with E-state index in [4.69, 9.17) is 4.99 Å². The zero-order valence-corrected chi connectivity index (χ0v) is 18.0. The summed E-state index contributed by atoms with van der Waals surface area (Å²) in [5, 5.41) is 6.96. The maximum atomic E-state index is 4.88. The monoisotopic (exact) mass is 457 g/mol. The van der Waals surface area contributed by atoms with Crippen LogP contribution in [-0.4, -0.2) is 67.6 Å². The molecule has 4 rings (SSSR count). The first kappa shape index (κ1) is 20.5. The third-order valence-corrected chi connectivity index (χ3v) is 5.20. The molecule has 3 aliphatic rings. The van der Waals surface area contributed by atoms with E-state index < -0.39 is 0 Å². The number of fused-ring (bicyclic) bond motifs is 3.